The molecule has 0 aromatic carbocycles. The molecule has 11 N–H and O–H groups in total. The number of carboxylic acids is 1. The van der Waals surface area contributed by atoms with Crippen LogP contribution in [0.3, 0.4) is 0 Å². The molecule has 4 fully saturated rings. The van der Waals surface area contributed by atoms with Crippen molar-refractivity contribution in [2.24, 2.45) is 0 Å². The van der Waals surface area contributed by atoms with Crippen molar-refractivity contribution in [2.75, 3.05) is 34.0 Å². The van der Waals surface area contributed by atoms with E-state index in [4.69, 9.17) is 37.9 Å². The van der Waals surface area contributed by atoms with Gasteiger partial charge in [0.2, 0.25) is 11.8 Å². The summed E-state index contributed by atoms with van der Waals surface area (Å²) < 4.78 is 47.1. The second kappa shape index (κ2) is 19.6. The van der Waals surface area contributed by atoms with Crippen LogP contribution < -0.4 is 8.85 Å². The van der Waals surface area contributed by atoms with Crippen LogP contribution in [-0.2, 0) is 57.1 Å². The molecule has 0 aromatic heterocycles. The molecular weight excluding hydrogens is 865 g/mol. The summed E-state index contributed by atoms with van der Waals surface area (Å²) >= 11 is 1.50. The SMILES string of the molecule is COC1C(C(=O)NI)OC(OC2C(O)C(CO)OC(OC3C(C(=O)O)OC(OC4C(O)C(CO)OCC4N(C)C(C)=O)C(O)C3O)C2NC(C)=O)C(O)C1O. The van der Waals surface area contributed by atoms with Crippen molar-refractivity contribution in [3.63, 3.8) is 0 Å². The van der Waals surface area contributed by atoms with Gasteiger partial charge in [0.15, 0.2) is 31.1 Å². The minimum absolute atomic E-state index is 0.256. The molecule has 4 heterocycles. The van der Waals surface area contributed by atoms with Gasteiger partial charge in [0.25, 0.3) is 5.91 Å². The molecule has 4 rings (SSSR count). The van der Waals surface area contributed by atoms with Gasteiger partial charge in [-0.1, -0.05) is 0 Å². The van der Waals surface area contributed by atoms with E-state index in [1.807, 2.05) is 0 Å². The summed E-state index contributed by atoms with van der Waals surface area (Å²) in [6.07, 6.45) is -30.7. The van der Waals surface area contributed by atoms with Gasteiger partial charge in [0, 0.05) is 28.0 Å². The number of aliphatic hydroxyl groups is 8. The number of methoxy groups -OCH3 is 1. The van der Waals surface area contributed by atoms with Crippen molar-refractivity contribution in [2.45, 2.75) is 130 Å². The van der Waals surface area contributed by atoms with Gasteiger partial charge in [-0.15, -0.1) is 0 Å². The van der Waals surface area contributed by atoms with Gasteiger partial charge in [-0.25, -0.2) is 4.79 Å². The van der Waals surface area contributed by atoms with E-state index >= 15 is 0 Å². The Morgan fingerprint density at radius 1 is 0.727 bits per heavy atom. The van der Waals surface area contributed by atoms with Crippen molar-refractivity contribution in [3.05, 3.63) is 0 Å². The number of carbonyl (C=O) groups is 4. The predicted molar refractivity (Wildman–Crippen MR) is 181 cm³/mol. The van der Waals surface area contributed by atoms with Crippen molar-refractivity contribution in [1.29, 1.82) is 0 Å². The molecule has 0 bridgehead atoms. The largest absolute Gasteiger partial charge is 0.479 e. The van der Waals surface area contributed by atoms with E-state index < -0.39 is 153 Å². The predicted octanol–water partition coefficient (Wildman–Crippen LogP) is -7.22. The number of aliphatic carboxylic acids is 1. The zero-order chi connectivity index (χ0) is 41.0. The smallest absolute Gasteiger partial charge is 0.335 e. The number of nitrogens with zero attached hydrogens (tertiary/aromatic N) is 1. The van der Waals surface area contributed by atoms with Gasteiger partial charge in [-0.3, -0.25) is 17.9 Å². The van der Waals surface area contributed by atoms with Gasteiger partial charge in [0.05, 0.1) is 48.7 Å². The number of nitrogens with one attached hydrogen (secondary N) is 2. The number of carboxylic acid groups (broad SMARTS) is 1. The average molecular weight is 914 g/mol. The first-order valence-electron chi connectivity index (χ1n) is 16.9. The highest BCUT2D eigenvalue weighted by molar-refractivity contribution is 14.1. The Hall–Kier alpha value is -2.03. The van der Waals surface area contributed by atoms with E-state index in [-0.39, 0.29) is 6.61 Å². The van der Waals surface area contributed by atoms with Crippen LogP contribution in [0.25, 0.3) is 0 Å². The highest BCUT2D eigenvalue weighted by Gasteiger charge is 2.57. The molecule has 25 heteroatoms. The number of carbonyl (C=O) groups excluding carboxylic acids is 3. The molecule has 19 unspecified atom stereocenters. The first-order chi connectivity index (χ1) is 25.9. The Bertz CT molecular complexity index is 1340. The Balaban J connectivity index is 1.62. The van der Waals surface area contributed by atoms with E-state index in [0.29, 0.717) is 0 Å². The Morgan fingerprint density at radius 3 is 1.76 bits per heavy atom. The zero-order valence-corrected chi connectivity index (χ0v) is 32.0. The van der Waals surface area contributed by atoms with Crippen LogP contribution >= 0.6 is 22.9 Å². The Labute approximate surface area is 326 Å². The molecular formula is C30H48IN3O21. The molecule has 24 nitrogen and oxygen atoms in total. The molecule has 0 radical (unpaired) electrons. The first kappa shape index (κ1) is 45.7. The quantitative estimate of drug-likeness (QED) is 0.0604. The summed E-state index contributed by atoms with van der Waals surface area (Å²) in [5.74, 6) is -3.87. The molecule has 3 amide bonds. The second-order valence-electron chi connectivity index (χ2n) is 13.3. The van der Waals surface area contributed by atoms with Crippen molar-refractivity contribution >= 4 is 46.6 Å². The van der Waals surface area contributed by atoms with Crippen LogP contribution in [0, 0.1) is 0 Å². The Morgan fingerprint density at radius 2 is 1.25 bits per heavy atom. The van der Waals surface area contributed by atoms with Crippen molar-refractivity contribution in [1.82, 2.24) is 13.7 Å². The van der Waals surface area contributed by atoms with E-state index in [1.54, 1.807) is 0 Å². The fourth-order valence-electron chi connectivity index (χ4n) is 6.73. The van der Waals surface area contributed by atoms with Crippen LogP contribution in [0.1, 0.15) is 13.8 Å². The number of aliphatic hydroxyl groups excluding tert-OH is 8. The molecule has 4 saturated heterocycles. The normalized spacial score (nSPS) is 43.6. The van der Waals surface area contributed by atoms with Gasteiger partial charge in [-0.2, -0.15) is 0 Å². The molecule has 316 valence electrons. The number of rotatable bonds is 13. The number of hydrogen-bond acceptors (Lipinski definition) is 20. The number of hydrogen-bond donors (Lipinski definition) is 11. The maximum absolute atomic E-state index is 12.6. The zero-order valence-electron chi connectivity index (χ0n) is 29.8. The highest BCUT2D eigenvalue weighted by atomic mass is 127. The fourth-order valence-corrected chi connectivity index (χ4v) is 7.04. The minimum Gasteiger partial charge on any atom is -0.479 e. The lowest BCUT2D eigenvalue weighted by atomic mass is 9.94. The standard InChI is InChI=1S/C30H48IN3O21/c1-8(37)32-13-21(52-30-18(43)16(41)22(48-4)24(54-30)26(45)33-31)15(40)12(6-36)50-28(13)53-23-17(42)19(44)29(55-25(23)27(46)47)51-20-10(34(3)9(2)38)7-49-11(5-35)14(20)39/h10-25,28-30,35-36,39-44H,5-7H2,1-4H3,(H,32,37)(H,33,45)(H,46,47). The molecule has 19 atom stereocenters. The first-order valence-corrected chi connectivity index (χ1v) is 18.0. The van der Waals surface area contributed by atoms with E-state index in [9.17, 15) is 65.1 Å². The van der Waals surface area contributed by atoms with Crippen molar-refractivity contribution < 1.29 is 103 Å². The van der Waals surface area contributed by atoms with Gasteiger partial charge < -0.3 is 94.1 Å². The number of amides is 3. The van der Waals surface area contributed by atoms with Crippen LogP contribution in [-0.4, -0.2) is 225 Å². The maximum Gasteiger partial charge on any atom is 0.335 e. The summed E-state index contributed by atoms with van der Waals surface area (Å²) in [7, 11) is 2.50. The van der Waals surface area contributed by atoms with Crippen LogP contribution in [0.5, 0.6) is 0 Å². The third kappa shape index (κ3) is 9.82. The Kier molecular flexibility index (Phi) is 16.3. The molecule has 0 spiro atoms. The summed E-state index contributed by atoms with van der Waals surface area (Å²) in [6.45, 7) is 0.364. The average Bonchev–Trinajstić information content (AvgIpc) is 3.14. The maximum atomic E-state index is 12.6. The van der Waals surface area contributed by atoms with E-state index in [2.05, 4.69) is 8.85 Å². The summed E-state index contributed by atoms with van der Waals surface area (Å²) in [6, 6.07) is -2.73. The van der Waals surface area contributed by atoms with Crippen LogP contribution in [0.15, 0.2) is 0 Å². The highest BCUT2D eigenvalue weighted by Crippen LogP contribution is 2.35. The lowest BCUT2D eigenvalue weighted by Gasteiger charge is -2.50. The van der Waals surface area contributed by atoms with Gasteiger partial charge in [0.1, 0.15) is 79.3 Å². The third-order valence-electron chi connectivity index (χ3n) is 9.81. The van der Waals surface area contributed by atoms with Crippen LogP contribution in [0.4, 0.5) is 0 Å². The second-order valence-corrected chi connectivity index (χ2v) is 13.8. The molecule has 0 aromatic rings. The summed E-state index contributed by atoms with van der Waals surface area (Å²) in [5.41, 5.74) is 0. The third-order valence-corrected chi connectivity index (χ3v) is 10.3. The van der Waals surface area contributed by atoms with Gasteiger partial charge in [-0.05, 0) is 0 Å². The van der Waals surface area contributed by atoms with Crippen molar-refractivity contribution in [3.8, 4) is 0 Å². The number of halogens is 1. The fraction of sp³-hybridized carbons (Fsp3) is 0.867. The van der Waals surface area contributed by atoms with Crippen LogP contribution in [0.2, 0.25) is 0 Å². The monoisotopic (exact) mass is 913 g/mol. The minimum atomic E-state index is -2.20. The molecule has 55 heavy (non-hydrogen) atoms. The molecule has 4 aliphatic heterocycles. The number of likely N-dealkylation sites (N-methyl/N-ethyl adjacent to an activating group) is 1. The lowest BCUT2D eigenvalue weighted by molar-refractivity contribution is -0.366. The molecule has 0 aliphatic carbocycles. The lowest BCUT2D eigenvalue weighted by Crippen LogP contribution is -2.70. The topological polar surface area (TPSA) is 351 Å². The van der Waals surface area contributed by atoms with E-state index in [0.717, 1.165) is 18.9 Å². The van der Waals surface area contributed by atoms with E-state index in [1.165, 1.54) is 36.8 Å². The molecule has 4 aliphatic rings. The molecule has 0 saturated carbocycles. The summed E-state index contributed by atoms with van der Waals surface area (Å²) in [5, 5.41) is 98.6. The van der Waals surface area contributed by atoms with Gasteiger partial charge >= 0.3 is 5.97 Å². The number of ether oxygens (including phenoxy) is 8. The summed E-state index contributed by atoms with van der Waals surface area (Å²) in [4.78, 5) is 50.9.